The summed E-state index contributed by atoms with van der Waals surface area (Å²) in [6, 6.07) is 10.5. The van der Waals surface area contributed by atoms with E-state index in [1.54, 1.807) is 6.07 Å². The van der Waals surface area contributed by atoms with Crippen molar-refractivity contribution in [1.29, 1.82) is 0 Å². The van der Waals surface area contributed by atoms with Gasteiger partial charge in [-0.1, -0.05) is 24.3 Å². The lowest BCUT2D eigenvalue weighted by Gasteiger charge is -2.35. The first-order valence-corrected chi connectivity index (χ1v) is 8.62. The zero-order valence-electron chi connectivity index (χ0n) is 14.1. The number of halogens is 1. The maximum atomic E-state index is 13.4. The number of nitrogens with zero attached hydrogens (tertiary/aromatic N) is 1. The first-order chi connectivity index (χ1) is 12.6. The van der Waals surface area contributed by atoms with Crippen LogP contribution >= 0.6 is 0 Å². The summed E-state index contributed by atoms with van der Waals surface area (Å²) in [5.41, 5.74) is 1.06. The standard InChI is InChI=1S/C20H18FNO4/c21-16-5-6-17-14(3-1-4-15(17)13-16)9-12-22-11-2-10-20(22)25-18(23)7-8-19(24)26-20/h1,3-8,13H,2,9-12H2. The highest BCUT2D eigenvalue weighted by Gasteiger charge is 2.48. The molecule has 0 bridgehead atoms. The Morgan fingerprint density at radius 1 is 1.08 bits per heavy atom. The Labute approximate surface area is 150 Å². The second-order valence-electron chi connectivity index (χ2n) is 6.51. The summed E-state index contributed by atoms with van der Waals surface area (Å²) in [7, 11) is 0. The van der Waals surface area contributed by atoms with E-state index in [1.165, 1.54) is 12.1 Å². The highest BCUT2D eigenvalue weighted by molar-refractivity contribution is 5.93. The molecule has 0 amide bonds. The molecule has 134 valence electrons. The molecule has 5 nitrogen and oxygen atoms in total. The third-order valence-electron chi connectivity index (χ3n) is 4.86. The second-order valence-corrected chi connectivity index (χ2v) is 6.51. The molecule has 26 heavy (non-hydrogen) atoms. The molecule has 6 heteroatoms. The van der Waals surface area contributed by atoms with Crippen molar-refractivity contribution < 1.29 is 23.5 Å². The van der Waals surface area contributed by atoms with E-state index in [1.807, 2.05) is 23.1 Å². The van der Waals surface area contributed by atoms with Gasteiger partial charge in [0.25, 0.3) is 0 Å². The minimum Gasteiger partial charge on any atom is -0.405 e. The summed E-state index contributed by atoms with van der Waals surface area (Å²) in [5, 5.41) is 1.83. The topological polar surface area (TPSA) is 55.8 Å². The highest BCUT2D eigenvalue weighted by Crippen LogP contribution is 2.34. The van der Waals surface area contributed by atoms with Gasteiger partial charge >= 0.3 is 17.8 Å². The van der Waals surface area contributed by atoms with Crippen LogP contribution in [0.3, 0.4) is 0 Å². The Kier molecular flexibility index (Phi) is 4.20. The summed E-state index contributed by atoms with van der Waals surface area (Å²) in [4.78, 5) is 25.5. The number of ether oxygens (including phenoxy) is 2. The lowest BCUT2D eigenvalue weighted by atomic mass is 10.0. The number of benzene rings is 2. The average molecular weight is 355 g/mol. The molecule has 2 aromatic carbocycles. The number of fused-ring (bicyclic) bond motifs is 1. The lowest BCUT2D eigenvalue weighted by Crippen LogP contribution is -2.50. The normalized spacial score (nSPS) is 19.6. The molecule has 0 radical (unpaired) electrons. The van der Waals surface area contributed by atoms with Crippen molar-refractivity contribution in [3.63, 3.8) is 0 Å². The van der Waals surface area contributed by atoms with Crippen LogP contribution in [0.15, 0.2) is 48.6 Å². The van der Waals surface area contributed by atoms with Gasteiger partial charge in [0.2, 0.25) is 0 Å². The van der Waals surface area contributed by atoms with Gasteiger partial charge in [-0.3, -0.25) is 0 Å². The molecule has 0 atom stereocenters. The molecular weight excluding hydrogens is 337 g/mol. The van der Waals surface area contributed by atoms with Crippen LogP contribution in [0.1, 0.15) is 18.4 Å². The van der Waals surface area contributed by atoms with Crippen LogP contribution in [0.2, 0.25) is 0 Å². The van der Waals surface area contributed by atoms with Gasteiger partial charge in [-0.05, 0) is 41.3 Å². The monoisotopic (exact) mass is 355 g/mol. The predicted molar refractivity (Wildman–Crippen MR) is 92.5 cm³/mol. The van der Waals surface area contributed by atoms with Crippen molar-refractivity contribution in [1.82, 2.24) is 4.90 Å². The Balaban J connectivity index is 1.56. The fraction of sp³-hybridized carbons (Fsp3) is 0.300. The fourth-order valence-electron chi connectivity index (χ4n) is 3.67. The average Bonchev–Trinajstić information content (AvgIpc) is 2.91. The molecule has 2 aliphatic heterocycles. The van der Waals surface area contributed by atoms with E-state index in [2.05, 4.69) is 0 Å². The van der Waals surface area contributed by atoms with E-state index in [0.29, 0.717) is 25.9 Å². The van der Waals surface area contributed by atoms with Gasteiger partial charge in [-0.15, -0.1) is 0 Å². The van der Waals surface area contributed by atoms with Crippen molar-refractivity contribution in [2.75, 3.05) is 13.1 Å². The number of hydrogen-bond donors (Lipinski definition) is 0. The summed E-state index contributed by atoms with van der Waals surface area (Å²) in [5.74, 6) is -2.75. The van der Waals surface area contributed by atoms with Crippen LogP contribution in [-0.4, -0.2) is 35.8 Å². The van der Waals surface area contributed by atoms with Crippen LogP contribution in [0, 0.1) is 5.82 Å². The molecule has 2 aromatic rings. The van der Waals surface area contributed by atoms with Crippen LogP contribution in [0.4, 0.5) is 4.39 Å². The summed E-state index contributed by atoms with van der Waals surface area (Å²) < 4.78 is 24.3. The van der Waals surface area contributed by atoms with E-state index in [-0.39, 0.29) is 5.82 Å². The maximum Gasteiger partial charge on any atom is 0.335 e. The highest BCUT2D eigenvalue weighted by atomic mass is 19.1. The number of esters is 2. The third kappa shape index (κ3) is 3.08. The third-order valence-corrected chi connectivity index (χ3v) is 4.86. The van der Waals surface area contributed by atoms with Crippen LogP contribution in [0.25, 0.3) is 10.8 Å². The van der Waals surface area contributed by atoms with E-state index in [9.17, 15) is 14.0 Å². The Hall–Kier alpha value is -2.73. The summed E-state index contributed by atoms with van der Waals surface area (Å²) >= 11 is 0. The molecule has 0 saturated carbocycles. The van der Waals surface area contributed by atoms with Crippen LogP contribution in [-0.2, 0) is 25.5 Å². The number of rotatable bonds is 3. The minimum absolute atomic E-state index is 0.266. The molecule has 0 aromatic heterocycles. The van der Waals surface area contributed by atoms with E-state index in [4.69, 9.17) is 9.47 Å². The Bertz CT molecular complexity index is 888. The Morgan fingerprint density at radius 3 is 2.62 bits per heavy atom. The van der Waals surface area contributed by atoms with E-state index >= 15 is 0 Å². The molecule has 4 rings (SSSR count). The molecular formula is C20H18FNO4. The molecule has 1 spiro atoms. The molecule has 2 aliphatic rings. The number of carbonyl (C=O) groups excluding carboxylic acids is 2. The van der Waals surface area contributed by atoms with Gasteiger partial charge in [0.05, 0.1) is 0 Å². The van der Waals surface area contributed by atoms with Gasteiger partial charge in [0.1, 0.15) is 5.82 Å². The van der Waals surface area contributed by atoms with Gasteiger partial charge < -0.3 is 9.47 Å². The van der Waals surface area contributed by atoms with E-state index in [0.717, 1.165) is 34.9 Å². The quantitative estimate of drug-likeness (QED) is 0.793. The molecule has 0 unspecified atom stereocenters. The zero-order valence-corrected chi connectivity index (χ0v) is 14.1. The van der Waals surface area contributed by atoms with Gasteiger partial charge in [-0.2, -0.15) is 0 Å². The second kappa shape index (κ2) is 6.53. The largest absolute Gasteiger partial charge is 0.405 e. The van der Waals surface area contributed by atoms with Gasteiger partial charge in [0, 0.05) is 31.7 Å². The molecule has 2 heterocycles. The Morgan fingerprint density at radius 2 is 1.85 bits per heavy atom. The van der Waals surface area contributed by atoms with Crippen molar-refractivity contribution in [3.05, 3.63) is 59.9 Å². The van der Waals surface area contributed by atoms with E-state index < -0.39 is 17.8 Å². The molecule has 1 saturated heterocycles. The van der Waals surface area contributed by atoms with Crippen molar-refractivity contribution in [2.24, 2.45) is 0 Å². The number of carbonyl (C=O) groups is 2. The van der Waals surface area contributed by atoms with Crippen molar-refractivity contribution in [2.45, 2.75) is 25.2 Å². The summed E-state index contributed by atoms with van der Waals surface area (Å²) in [6.45, 7) is 1.22. The van der Waals surface area contributed by atoms with Gasteiger partial charge in [0.15, 0.2) is 0 Å². The number of likely N-dealkylation sites (tertiary alicyclic amines) is 1. The zero-order chi connectivity index (χ0) is 18.1. The maximum absolute atomic E-state index is 13.4. The smallest absolute Gasteiger partial charge is 0.335 e. The van der Waals surface area contributed by atoms with Crippen LogP contribution in [0.5, 0.6) is 0 Å². The fourth-order valence-corrected chi connectivity index (χ4v) is 3.67. The SMILES string of the molecule is O=C1C=CC(=O)OC2(CCCN2CCc2cccc3cc(F)ccc23)O1. The lowest BCUT2D eigenvalue weighted by molar-refractivity contribution is -0.268. The first-order valence-electron chi connectivity index (χ1n) is 8.62. The van der Waals surface area contributed by atoms with Crippen molar-refractivity contribution >= 4 is 22.7 Å². The molecule has 1 fully saturated rings. The van der Waals surface area contributed by atoms with Crippen LogP contribution < -0.4 is 0 Å². The number of hydrogen-bond acceptors (Lipinski definition) is 5. The van der Waals surface area contributed by atoms with Crippen molar-refractivity contribution in [3.8, 4) is 0 Å². The van der Waals surface area contributed by atoms with Gasteiger partial charge in [-0.25, -0.2) is 18.9 Å². The molecule has 0 aliphatic carbocycles. The summed E-state index contributed by atoms with van der Waals surface area (Å²) in [6.07, 6.45) is 4.06. The predicted octanol–water partition coefficient (Wildman–Crippen LogP) is 2.93. The molecule has 0 N–H and O–H groups in total. The first kappa shape index (κ1) is 16.7. The minimum atomic E-state index is -1.33.